The minimum atomic E-state index is -1.04. The summed E-state index contributed by atoms with van der Waals surface area (Å²) in [7, 11) is 0. The van der Waals surface area contributed by atoms with Gasteiger partial charge in [-0.2, -0.15) is 0 Å². The van der Waals surface area contributed by atoms with Crippen molar-refractivity contribution in [3.8, 4) is 17.4 Å². The second-order valence-corrected chi connectivity index (χ2v) is 5.18. The van der Waals surface area contributed by atoms with Crippen LogP contribution in [0.3, 0.4) is 0 Å². The molecular formula is C19H14FNO4. The Morgan fingerprint density at radius 1 is 1.04 bits per heavy atom. The molecule has 126 valence electrons. The van der Waals surface area contributed by atoms with Gasteiger partial charge in [-0.05, 0) is 48.0 Å². The molecule has 2 aromatic carbocycles. The first-order valence-electron chi connectivity index (χ1n) is 7.45. The monoisotopic (exact) mass is 339 g/mol. The molecule has 0 atom stereocenters. The Bertz CT molecular complexity index is 863. The van der Waals surface area contributed by atoms with Crippen LogP contribution >= 0.6 is 0 Å². The van der Waals surface area contributed by atoms with Crippen molar-refractivity contribution in [2.45, 2.75) is 6.61 Å². The summed E-state index contributed by atoms with van der Waals surface area (Å²) in [4.78, 5) is 14.7. The Kier molecular flexibility index (Phi) is 4.89. The normalized spacial score (nSPS) is 10.3. The van der Waals surface area contributed by atoms with Crippen LogP contribution in [0.4, 0.5) is 4.39 Å². The number of aromatic carboxylic acids is 1. The molecule has 5 nitrogen and oxygen atoms in total. The van der Waals surface area contributed by atoms with Gasteiger partial charge in [0.25, 0.3) is 0 Å². The fourth-order valence-electron chi connectivity index (χ4n) is 2.09. The minimum absolute atomic E-state index is 0.0912. The number of hydrogen-bond acceptors (Lipinski definition) is 4. The summed E-state index contributed by atoms with van der Waals surface area (Å²) in [5.41, 5.74) is 0.830. The zero-order valence-corrected chi connectivity index (χ0v) is 13.1. The van der Waals surface area contributed by atoms with E-state index in [1.165, 1.54) is 30.5 Å². The van der Waals surface area contributed by atoms with E-state index in [-0.39, 0.29) is 18.0 Å². The Morgan fingerprint density at radius 3 is 2.44 bits per heavy atom. The fourth-order valence-corrected chi connectivity index (χ4v) is 2.09. The molecule has 1 N–H and O–H groups in total. The smallest absolute Gasteiger partial charge is 0.337 e. The second-order valence-electron chi connectivity index (χ2n) is 5.18. The summed E-state index contributed by atoms with van der Waals surface area (Å²) in [6.07, 6.45) is 1.23. The zero-order valence-electron chi connectivity index (χ0n) is 13.1. The highest BCUT2D eigenvalue weighted by Crippen LogP contribution is 2.23. The van der Waals surface area contributed by atoms with Gasteiger partial charge in [0.1, 0.15) is 23.9 Å². The molecule has 0 bridgehead atoms. The van der Waals surface area contributed by atoms with Crippen LogP contribution in [-0.2, 0) is 6.61 Å². The van der Waals surface area contributed by atoms with E-state index < -0.39 is 5.97 Å². The lowest BCUT2D eigenvalue weighted by Gasteiger charge is -2.08. The van der Waals surface area contributed by atoms with Crippen molar-refractivity contribution in [3.05, 3.63) is 83.8 Å². The van der Waals surface area contributed by atoms with Crippen molar-refractivity contribution in [2.75, 3.05) is 0 Å². The molecule has 0 unspecified atom stereocenters. The maximum Gasteiger partial charge on any atom is 0.337 e. The van der Waals surface area contributed by atoms with Crippen LogP contribution in [0.25, 0.3) is 0 Å². The van der Waals surface area contributed by atoms with Gasteiger partial charge in [-0.1, -0.05) is 12.1 Å². The molecule has 1 heterocycles. The van der Waals surface area contributed by atoms with Gasteiger partial charge in [0.05, 0.1) is 5.56 Å². The van der Waals surface area contributed by atoms with E-state index >= 15 is 0 Å². The first-order valence-corrected chi connectivity index (χ1v) is 7.45. The molecule has 0 saturated carbocycles. The average molecular weight is 339 g/mol. The van der Waals surface area contributed by atoms with E-state index in [1.54, 1.807) is 36.4 Å². The first-order chi connectivity index (χ1) is 12.1. The highest BCUT2D eigenvalue weighted by Gasteiger charge is 2.05. The zero-order chi connectivity index (χ0) is 17.6. The van der Waals surface area contributed by atoms with E-state index in [9.17, 15) is 9.18 Å². The number of carboxylic acid groups (broad SMARTS) is 1. The third-order valence-electron chi connectivity index (χ3n) is 3.32. The quantitative estimate of drug-likeness (QED) is 0.725. The van der Waals surface area contributed by atoms with Crippen LogP contribution in [-0.4, -0.2) is 16.1 Å². The van der Waals surface area contributed by atoms with Crippen molar-refractivity contribution >= 4 is 5.97 Å². The average Bonchev–Trinajstić information content (AvgIpc) is 2.62. The second kappa shape index (κ2) is 7.44. The maximum atomic E-state index is 13.1. The summed E-state index contributed by atoms with van der Waals surface area (Å²) in [6, 6.07) is 16.0. The molecule has 6 heteroatoms. The van der Waals surface area contributed by atoms with Gasteiger partial charge in [0, 0.05) is 12.3 Å². The van der Waals surface area contributed by atoms with Crippen molar-refractivity contribution in [2.24, 2.45) is 0 Å². The number of rotatable bonds is 6. The van der Waals surface area contributed by atoms with Crippen LogP contribution in [0.15, 0.2) is 66.9 Å². The molecule has 0 aliphatic rings. The number of halogens is 1. The van der Waals surface area contributed by atoms with E-state index in [4.69, 9.17) is 14.6 Å². The lowest BCUT2D eigenvalue weighted by molar-refractivity contribution is 0.0696. The van der Waals surface area contributed by atoms with Gasteiger partial charge in [0.15, 0.2) is 0 Å². The van der Waals surface area contributed by atoms with Gasteiger partial charge in [-0.25, -0.2) is 14.2 Å². The molecule has 0 radical (unpaired) electrons. The third kappa shape index (κ3) is 4.54. The van der Waals surface area contributed by atoms with Crippen LogP contribution in [0.5, 0.6) is 17.4 Å². The Hall–Kier alpha value is -3.41. The van der Waals surface area contributed by atoms with Gasteiger partial charge < -0.3 is 14.6 Å². The Balaban J connectivity index is 1.59. The highest BCUT2D eigenvalue weighted by atomic mass is 19.1. The van der Waals surface area contributed by atoms with E-state index in [0.29, 0.717) is 17.4 Å². The number of pyridine rings is 1. The number of benzene rings is 2. The highest BCUT2D eigenvalue weighted by molar-refractivity contribution is 5.87. The fraction of sp³-hybridized carbons (Fsp3) is 0.0526. The predicted octanol–water partition coefficient (Wildman–Crippen LogP) is 4.29. The van der Waals surface area contributed by atoms with Gasteiger partial charge in [-0.3, -0.25) is 0 Å². The summed E-state index contributed by atoms with van der Waals surface area (Å²) in [5.74, 6) is 0.100. The molecule has 3 rings (SSSR count). The van der Waals surface area contributed by atoms with Crippen LogP contribution in [0.1, 0.15) is 15.9 Å². The van der Waals surface area contributed by atoms with Crippen LogP contribution in [0.2, 0.25) is 0 Å². The number of carbonyl (C=O) groups is 1. The molecule has 0 spiro atoms. The van der Waals surface area contributed by atoms with Crippen molar-refractivity contribution in [3.63, 3.8) is 0 Å². The molecule has 0 amide bonds. The molecule has 0 fully saturated rings. The molecular weight excluding hydrogens is 325 g/mol. The lowest BCUT2D eigenvalue weighted by Crippen LogP contribution is -1.97. The summed E-state index contributed by atoms with van der Waals surface area (Å²) in [6.45, 7) is 0.260. The van der Waals surface area contributed by atoms with Crippen molar-refractivity contribution < 1.29 is 23.8 Å². The van der Waals surface area contributed by atoms with Gasteiger partial charge in [0.2, 0.25) is 5.88 Å². The number of ether oxygens (including phenoxy) is 2. The maximum absolute atomic E-state index is 13.1. The molecule has 25 heavy (non-hydrogen) atoms. The van der Waals surface area contributed by atoms with E-state index in [1.807, 2.05) is 0 Å². The van der Waals surface area contributed by atoms with Crippen molar-refractivity contribution in [1.29, 1.82) is 0 Å². The number of hydrogen-bond donors (Lipinski definition) is 1. The molecule has 0 saturated heterocycles. The summed E-state index contributed by atoms with van der Waals surface area (Å²) >= 11 is 0. The summed E-state index contributed by atoms with van der Waals surface area (Å²) < 4.78 is 24.2. The Morgan fingerprint density at radius 2 is 1.80 bits per heavy atom. The predicted molar refractivity (Wildman–Crippen MR) is 88.4 cm³/mol. The Labute approximate surface area is 143 Å². The largest absolute Gasteiger partial charge is 0.489 e. The van der Waals surface area contributed by atoms with Crippen LogP contribution in [0, 0.1) is 5.82 Å². The molecule has 0 aliphatic heterocycles. The summed E-state index contributed by atoms with van der Waals surface area (Å²) in [5, 5.41) is 8.83. The third-order valence-corrected chi connectivity index (χ3v) is 3.32. The van der Waals surface area contributed by atoms with Crippen molar-refractivity contribution in [1.82, 2.24) is 4.98 Å². The standard InChI is InChI=1S/C19H14FNO4/c20-15-3-1-2-13(10-15)12-24-16-5-7-17(8-6-16)25-18-9-4-14(11-21-18)19(22)23/h1-11H,12H2,(H,22,23). The first kappa shape index (κ1) is 16.4. The SMILES string of the molecule is O=C(O)c1ccc(Oc2ccc(OCc3cccc(F)c3)cc2)nc1. The molecule has 3 aromatic rings. The van der Waals surface area contributed by atoms with E-state index in [0.717, 1.165) is 5.56 Å². The number of aromatic nitrogens is 1. The van der Waals surface area contributed by atoms with Gasteiger partial charge >= 0.3 is 5.97 Å². The topological polar surface area (TPSA) is 68.7 Å². The lowest BCUT2D eigenvalue weighted by atomic mass is 10.2. The van der Waals surface area contributed by atoms with E-state index in [2.05, 4.69) is 4.98 Å². The van der Waals surface area contributed by atoms with Gasteiger partial charge in [-0.15, -0.1) is 0 Å². The minimum Gasteiger partial charge on any atom is -0.489 e. The number of carboxylic acids is 1. The molecule has 0 aliphatic carbocycles. The van der Waals surface area contributed by atoms with Crippen LogP contribution < -0.4 is 9.47 Å². The number of nitrogens with zero attached hydrogens (tertiary/aromatic N) is 1. The molecule has 1 aromatic heterocycles.